The summed E-state index contributed by atoms with van der Waals surface area (Å²) in [5.74, 6) is -1.20. The van der Waals surface area contributed by atoms with Gasteiger partial charge in [-0.2, -0.15) is 0 Å². The van der Waals surface area contributed by atoms with Crippen molar-refractivity contribution in [2.75, 3.05) is 13.2 Å². The number of halogens is 1. The molecule has 0 aliphatic carbocycles. The first-order valence-corrected chi connectivity index (χ1v) is 10.1. The van der Waals surface area contributed by atoms with Gasteiger partial charge in [0.05, 0.1) is 29.8 Å². The number of ether oxygens (including phenoxy) is 1. The lowest BCUT2D eigenvalue weighted by Gasteiger charge is -2.13. The number of hydrogen-bond donors (Lipinski definition) is 0. The van der Waals surface area contributed by atoms with E-state index in [0.717, 1.165) is 15.5 Å². The summed E-state index contributed by atoms with van der Waals surface area (Å²) in [6.45, 7) is -0.0380. The van der Waals surface area contributed by atoms with Crippen LogP contribution in [-0.2, 0) is 16.0 Å². The highest BCUT2D eigenvalue weighted by molar-refractivity contribution is 7.13. The van der Waals surface area contributed by atoms with E-state index in [0.29, 0.717) is 21.8 Å². The number of hydrogen-bond acceptors (Lipinski definition) is 6. The number of fused-ring (bicyclic) bond motifs is 1. The number of nitrogens with zero attached hydrogens (tertiary/aromatic N) is 2. The van der Waals surface area contributed by atoms with Crippen molar-refractivity contribution in [3.05, 3.63) is 75.8 Å². The molecule has 6 nitrogen and oxygen atoms in total. The topological polar surface area (TPSA) is 76.6 Å². The zero-order chi connectivity index (χ0) is 20.4. The molecule has 29 heavy (non-hydrogen) atoms. The van der Waals surface area contributed by atoms with Crippen molar-refractivity contribution in [1.82, 2.24) is 9.88 Å². The molecule has 2 aromatic carbocycles. The van der Waals surface area contributed by atoms with Gasteiger partial charge >= 0.3 is 5.97 Å². The normalized spacial score (nSPS) is 12.9. The molecule has 3 aromatic rings. The summed E-state index contributed by atoms with van der Waals surface area (Å²) in [6.07, 6.45) is 0.0200. The molecule has 0 fully saturated rings. The van der Waals surface area contributed by atoms with Crippen LogP contribution in [0.2, 0.25) is 5.02 Å². The highest BCUT2D eigenvalue weighted by Crippen LogP contribution is 2.25. The van der Waals surface area contributed by atoms with Crippen LogP contribution in [0.3, 0.4) is 0 Å². The second-order valence-electron chi connectivity index (χ2n) is 6.36. The number of thiazole rings is 1. The van der Waals surface area contributed by atoms with E-state index in [1.807, 2.05) is 12.1 Å². The smallest absolute Gasteiger partial charge is 0.311 e. The number of carbonyl (C=O) groups excluding carboxylic acids is 3. The standard InChI is InChI=1S/C21H15ClN2O4S/c22-14-7-5-13(6-8-14)19-23-15(12-29-19)11-18(25)28-10-9-24-20(26)16-3-1-2-4-17(16)21(24)27/h1-8,12H,9-11H2. The van der Waals surface area contributed by atoms with Crippen molar-refractivity contribution in [3.63, 3.8) is 0 Å². The quantitative estimate of drug-likeness (QED) is 0.442. The fourth-order valence-electron chi connectivity index (χ4n) is 3.01. The third-order valence-electron chi connectivity index (χ3n) is 4.42. The van der Waals surface area contributed by atoms with Crippen LogP contribution in [0.4, 0.5) is 0 Å². The number of imide groups is 1. The highest BCUT2D eigenvalue weighted by atomic mass is 35.5. The number of amides is 2. The molecule has 0 saturated carbocycles. The van der Waals surface area contributed by atoms with Crippen LogP contribution in [0.25, 0.3) is 10.6 Å². The molecule has 0 N–H and O–H groups in total. The Hall–Kier alpha value is -3.03. The van der Waals surface area contributed by atoms with Crippen LogP contribution in [0.1, 0.15) is 26.4 Å². The number of carbonyl (C=O) groups is 3. The van der Waals surface area contributed by atoms with Gasteiger partial charge in [0.1, 0.15) is 11.6 Å². The molecule has 0 atom stereocenters. The van der Waals surface area contributed by atoms with E-state index in [-0.39, 0.29) is 31.4 Å². The molecule has 0 bridgehead atoms. The second-order valence-corrected chi connectivity index (χ2v) is 7.65. The molecule has 1 aliphatic rings. The van der Waals surface area contributed by atoms with Gasteiger partial charge in [-0.1, -0.05) is 35.9 Å². The molecular weight excluding hydrogens is 412 g/mol. The minimum atomic E-state index is -0.463. The summed E-state index contributed by atoms with van der Waals surface area (Å²) in [6, 6.07) is 13.9. The fraction of sp³-hybridized carbons (Fsp3) is 0.143. The molecule has 1 aromatic heterocycles. The molecule has 0 saturated heterocycles. The van der Waals surface area contributed by atoms with E-state index in [1.54, 1.807) is 41.8 Å². The molecule has 2 amide bonds. The lowest BCUT2D eigenvalue weighted by Crippen LogP contribution is -2.33. The van der Waals surface area contributed by atoms with Gasteiger partial charge in [-0.05, 0) is 24.3 Å². The summed E-state index contributed by atoms with van der Waals surface area (Å²) in [5.41, 5.74) is 2.28. The number of rotatable bonds is 6. The summed E-state index contributed by atoms with van der Waals surface area (Å²) in [7, 11) is 0. The van der Waals surface area contributed by atoms with Crippen molar-refractivity contribution in [1.29, 1.82) is 0 Å². The largest absolute Gasteiger partial charge is 0.463 e. The first-order valence-electron chi connectivity index (χ1n) is 8.84. The summed E-state index contributed by atoms with van der Waals surface area (Å²) >= 11 is 7.32. The summed E-state index contributed by atoms with van der Waals surface area (Å²) < 4.78 is 5.20. The van der Waals surface area contributed by atoms with E-state index in [2.05, 4.69) is 4.98 Å². The third-order valence-corrected chi connectivity index (χ3v) is 5.62. The Morgan fingerprint density at radius 1 is 1.03 bits per heavy atom. The van der Waals surface area contributed by atoms with Crippen LogP contribution in [-0.4, -0.2) is 40.8 Å². The Kier molecular flexibility index (Phi) is 5.42. The van der Waals surface area contributed by atoms with Crippen molar-refractivity contribution in [2.24, 2.45) is 0 Å². The van der Waals surface area contributed by atoms with Crippen molar-refractivity contribution < 1.29 is 19.1 Å². The molecule has 1 aliphatic heterocycles. The zero-order valence-electron chi connectivity index (χ0n) is 15.1. The molecule has 146 valence electrons. The zero-order valence-corrected chi connectivity index (χ0v) is 16.7. The average Bonchev–Trinajstić information content (AvgIpc) is 3.27. The number of benzene rings is 2. The van der Waals surface area contributed by atoms with Gasteiger partial charge in [0, 0.05) is 16.0 Å². The van der Waals surface area contributed by atoms with Gasteiger partial charge in [-0.25, -0.2) is 4.98 Å². The Balaban J connectivity index is 1.30. The number of aromatic nitrogens is 1. The predicted octanol–water partition coefficient (Wildman–Crippen LogP) is 3.85. The van der Waals surface area contributed by atoms with Crippen molar-refractivity contribution >= 4 is 40.7 Å². The second kappa shape index (κ2) is 8.14. The van der Waals surface area contributed by atoms with Crippen LogP contribution in [0.15, 0.2) is 53.9 Å². The maximum Gasteiger partial charge on any atom is 0.311 e. The third kappa shape index (κ3) is 4.06. The molecule has 8 heteroatoms. The van der Waals surface area contributed by atoms with Gasteiger partial charge in [0.25, 0.3) is 11.8 Å². The Bertz CT molecular complexity index is 1060. The first-order chi connectivity index (χ1) is 14.0. The maximum absolute atomic E-state index is 12.3. The molecule has 2 heterocycles. The van der Waals surface area contributed by atoms with Gasteiger partial charge in [0.15, 0.2) is 0 Å². The molecule has 0 spiro atoms. The summed E-state index contributed by atoms with van der Waals surface area (Å²) in [4.78, 5) is 42.2. The van der Waals surface area contributed by atoms with Crippen molar-refractivity contribution in [3.8, 4) is 10.6 Å². The van der Waals surface area contributed by atoms with Crippen LogP contribution in [0.5, 0.6) is 0 Å². The average molecular weight is 427 g/mol. The van der Waals surface area contributed by atoms with Crippen LogP contribution in [0, 0.1) is 0 Å². The Morgan fingerprint density at radius 2 is 1.69 bits per heavy atom. The molecule has 0 unspecified atom stereocenters. The molecule has 0 radical (unpaired) electrons. The highest BCUT2D eigenvalue weighted by Gasteiger charge is 2.34. The van der Waals surface area contributed by atoms with Gasteiger partial charge in [-0.15, -0.1) is 11.3 Å². The van der Waals surface area contributed by atoms with Gasteiger partial charge in [-0.3, -0.25) is 19.3 Å². The van der Waals surface area contributed by atoms with E-state index in [9.17, 15) is 14.4 Å². The first kappa shape index (κ1) is 19.3. The Labute approximate surface area is 175 Å². The lowest BCUT2D eigenvalue weighted by atomic mass is 10.1. The fourth-order valence-corrected chi connectivity index (χ4v) is 3.96. The van der Waals surface area contributed by atoms with Gasteiger partial charge < -0.3 is 4.74 Å². The van der Waals surface area contributed by atoms with E-state index in [1.165, 1.54) is 11.3 Å². The SMILES string of the molecule is O=C(Cc1csc(-c2ccc(Cl)cc2)n1)OCCN1C(=O)c2ccccc2C1=O. The monoisotopic (exact) mass is 426 g/mol. The number of esters is 1. The van der Waals surface area contributed by atoms with Crippen LogP contribution >= 0.6 is 22.9 Å². The predicted molar refractivity (Wildman–Crippen MR) is 109 cm³/mol. The molecule has 4 rings (SSSR count). The maximum atomic E-state index is 12.3. The lowest BCUT2D eigenvalue weighted by molar-refractivity contribution is -0.143. The van der Waals surface area contributed by atoms with E-state index in [4.69, 9.17) is 16.3 Å². The Morgan fingerprint density at radius 3 is 2.34 bits per heavy atom. The minimum absolute atomic E-state index is 0.0190. The molecular formula is C21H15ClN2O4S. The van der Waals surface area contributed by atoms with Crippen molar-refractivity contribution in [2.45, 2.75) is 6.42 Å². The van der Waals surface area contributed by atoms with E-state index < -0.39 is 5.97 Å². The summed E-state index contributed by atoms with van der Waals surface area (Å²) in [5, 5.41) is 3.23. The van der Waals surface area contributed by atoms with Gasteiger partial charge in [0.2, 0.25) is 0 Å². The minimum Gasteiger partial charge on any atom is -0.463 e. The van der Waals surface area contributed by atoms with E-state index >= 15 is 0 Å². The van der Waals surface area contributed by atoms with Crippen LogP contribution < -0.4 is 0 Å².